The van der Waals surface area contributed by atoms with Crippen LogP contribution in [-0.4, -0.2) is 69.8 Å². The first-order chi connectivity index (χ1) is 14.9. The quantitative estimate of drug-likeness (QED) is 0.353. The summed E-state index contributed by atoms with van der Waals surface area (Å²) in [7, 11) is 0. The van der Waals surface area contributed by atoms with Gasteiger partial charge in [0, 0.05) is 11.4 Å². The Morgan fingerprint density at radius 2 is 2.12 bits per heavy atom. The van der Waals surface area contributed by atoms with Crippen molar-refractivity contribution in [2.75, 3.05) is 6.61 Å². The van der Waals surface area contributed by atoms with Gasteiger partial charge in [0.05, 0.1) is 10.3 Å². The Labute approximate surface area is 206 Å². The molecule has 2 aliphatic heterocycles. The predicted molar refractivity (Wildman–Crippen MR) is 120 cm³/mol. The molecule has 4 atom stereocenters. The summed E-state index contributed by atoms with van der Waals surface area (Å²) in [6.45, 7) is 1.35. The van der Waals surface area contributed by atoms with Crippen LogP contribution in [-0.2, 0) is 25.7 Å². The fourth-order valence-corrected chi connectivity index (χ4v) is 6.62. The molecule has 5 rings (SSSR count). The van der Waals surface area contributed by atoms with Crippen molar-refractivity contribution in [3.8, 4) is 0 Å². The lowest BCUT2D eigenvalue weighted by molar-refractivity contribution is -0.166. The Balaban J connectivity index is 1.26. The lowest BCUT2D eigenvalue weighted by Crippen LogP contribution is -2.72. The molecule has 1 N–H and O–H groups in total. The first-order valence-electron chi connectivity index (χ1n) is 9.48. The number of ether oxygens (including phenoxy) is 1. The Hall–Kier alpha value is -1.46. The number of aromatic nitrogens is 3. The summed E-state index contributed by atoms with van der Waals surface area (Å²) in [5.74, 6) is -1.35. The molecule has 2 amide bonds. The number of carbonyl (C=O) groups is 3. The van der Waals surface area contributed by atoms with Crippen LogP contribution in [0.4, 0.5) is 0 Å². The fourth-order valence-electron chi connectivity index (χ4n) is 4.38. The third kappa shape index (κ3) is 3.34. The van der Waals surface area contributed by atoms with Gasteiger partial charge in [-0.1, -0.05) is 51.6 Å². The Kier molecular flexibility index (Phi) is 5.07. The van der Waals surface area contributed by atoms with E-state index in [0.717, 1.165) is 0 Å². The summed E-state index contributed by atoms with van der Waals surface area (Å²) in [6, 6.07) is 4.29. The third-order valence-corrected chi connectivity index (χ3v) is 8.26. The largest absolute Gasteiger partial charge is 0.459 e. The van der Waals surface area contributed by atoms with Crippen molar-refractivity contribution in [2.45, 2.75) is 45.4 Å². The Morgan fingerprint density at radius 3 is 2.84 bits per heavy atom. The van der Waals surface area contributed by atoms with Gasteiger partial charge in [0.2, 0.25) is 15.6 Å². The second-order valence-electron chi connectivity index (χ2n) is 8.10. The van der Waals surface area contributed by atoms with Crippen molar-refractivity contribution in [1.82, 2.24) is 25.2 Å². The average Bonchev–Trinajstić information content (AvgIpc) is 3.01. The average molecular weight is 539 g/mol. The number of rotatable bonds is 5. The molecule has 2 saturated heterocycles. The SMILES string of the molecule is CC12CC1(C(=O)OCC(Cl)(Cl)Cl)N1C(=O)C(NC(=O)Cn3nnc4cc(Cl)ccc43)[C@@H]1S2. The molecule has 3 unspecified atom stereocenters. The first-order valence-corrected chi connectivity index (χ1v) is 11.9. The van der Waals surface area contributed by atoms with E-state index in [4.69, 9.17) is 51.1 Å². The molecule has 0 radical (unpaired) electrons. The van der Waals surface area contributed by atoms with Gasteiger partial charge in [0.1, 0.15) is 30.1 Å². The van der Waals surface area contributed by atoms with Crippen LogP contribution in [0.2, 0.25) is 5.02 Å². The van der Waals surface area contributed by atoms with Crippen LogP contribution >= 0.6 is 58.2 Å². The smallest absolute Gasteiger partial charge is 0.333 e. The standard InChI is InChI=1S/C18H15Cl4N5O4S/c1-16-6-17(16,15(30)31-7-18(20,21)22)27-13(29)12(14(27)32-16)23-11(28)5-26-10-3-2-8(19)4-9(10)24-25-26/h2-4,12,14H,5-7H2,1H3,(H,23,28)/t12?,14-,16?,17?/m0/s1. The highest BCUT2D eigenvalue weighted by Crippen LogP contribution is 2.72. The molecule has 1 aromatic carbocycles. The van der Waals surface area contributed by atoms with Crippen molar-refractivity contribution in [1.29, 1.82) is 0 Å². The molecule has 2 aromatic rings. The van der Waals surface area contributed by atoms with Crippen LogP contribution in [0.25, 0.3) is 11.0 Å². The van der Waals surface area contributed by atoms with Gasteiger partial charge in [-0.25, -0.2) is 9.48 Å². The van der Waals surface area contributed by atoms with Crippen LogP contribution in [0.5, 0.6) is 0 Å². The number of fused-ring (bicyclic) bond motifs is 4. The minimum Gasteiger partial charge on any atom is -0.459 e. The van der Waals surface area contributed by atoms with Gasteiger partial charge in [-0.3, -0.25) is 9.59 Å². The fraction of sp³-hybridized carbons (Fsp3) is 0.500. The van der Waals surface area contributed by atoms with Crippen molar-refractivity contribution in [2.24, 2.45) is 0 Å². The number of esters is 1. The minimum atomic E-state index is -1.74. The minimum absolute atomic E-state index is 0.118. The maximum absolute atomic E-state index is 12.9. The van der Waals surface area contributed by atoms with E-state index >= 15 is 0 Å². The number of thioether (sulfide) groups is 1. The molecule has 1 saturated carbocycles. The third-order valence-electron chi connectivity index (χ3n) is 5.97. The molecule has 1 aromatic heterocycles. The topological polar surface area (TPSA) is 106 Å². The van der Waals surface area contributed by atoms with Crippen LogP contribution < -0.4 is 5.32 Å². The normalized spacial score (nSPS) is 30.5. The summed E-state index contributed by atoms with van der Waals surface area (Å²) in [5, 5.41) is 10.8. The zero-order chi connectivity index (χ0) is 23.1. The van der Waals surface area contributed by atoms with Gasteiger partial charge in [0.25, 0.3) is 0 Å². The Bertz CT molecular complexity index is 1170. The monoisotopic (exact) mass is 537 g/mol. The summed E-state index contributed by atoms with van der Waals surface area (Å²) < 4.78 is 4.35. The second-order valence-corrected chi connectivity index (χ2v) is 12.7. The molecule has 14 heteroatoms. The van der Waals surface area contributed by atoms with E-state index in [0.29, 0.717) is 22.5 Å². The first kappa shape index (κ1) is 22.3. The number of β-lactam (4-membered cyclic amide) rings is 1. The van der Waals surface area contributed by atoms with Gasteiger partial charge in [-0.15, -0.1) is 16.9 Å². The number of amides is 2. The molecule has 3 heterocycles. The molecule has 0 bridgehead atoms. The van der Waals surface area contributed by atoms with Crippen molar-refractivity contribution >= 4 is 87.0 Å². The summed E-state index contributed by atoms with van der Waals surface area (Å²) in [4.78, 5) is 39.7. The van der Waals surface area contributed by atoms with E-state index in [1.165, 1.54) is 21.3 Å². The van der Waals surface area contributed by atoms with Crippen LogP contribution in [0.15, 0.2) is 18.2 Å². The lowest BCUT2D eigenvalue weighted by Gasteiger charge is -2.46. The summed E-state index contributed by atoms with van der Waals surface area (Å²) >= 11 is 24.4. The van der Waals surface area contributed by atoms with Gasteiger partial charge < -0.3 is 15.0 Å². The number of nitrogens with one attached hydrogen (secondary N) is 1. The lowest BCUT2D eigenvalue weighted by atomic mass is 10.0. The summed E-state index contributed by atoms with van der Waals surface area (Å²) in [6.07, 6.45) is 0.444. The molecule has 170 valence electrons. The van der Waals surface area contributed by atoms with Crippen molar-refractivity contribution < 1.29 is 19.1 Å². The van der Waals surface area contributed by atoms with E-state index < -0.39 is 38.6 Å². The van der Waals surface area contributed by atoms with Gasteiger partial charge in [-0.05, 0) is 25.1 Å². The number of hydrogen-bond acceptors (Lipinski definition) is 7. The zero-order valence-electron chi connectivity index (χ0n) is 16.4. The van der Waals surface area contributed by atoms with Crippen LogP contribution in [0.1, 0.15) is 13.3 Å². The molecule has 0 spiro atoms. The maximum Gasteiger partial charge on any atom is 0.333 e. The summed E-state index contributed by atoms with van der Waals surface area (Å²) in [5.41, 5.74) is 0.106. The predicted octanol–water partition coefficient (Wildman–Crippen LogP) is 2.30. The van der Waals surface area contributed by atoms with Crippen LogP contribution in [0, 0.1) is 0 Å². The van der Waals surface area contributed by atoms with Crippen molar-refractivity contribution in [3.63, 3.8) is 0 Å². The highest BCUT2D eigenvalue weighted by atomic mass is 35.6. The molecule has 3 fully saturated rings. The molecule has 1 aliphatic carbocycles. The number of carbonyl (C=O) groups excluding carboxylic acids is 3. The molecule has 32 heavy (non-hydrogen) atoms. The van der Waals surface area contributed by atoms with E-state index in [9.17, 15) is 14.4 Å². The number of nitrogens with zero attached hydrogens (tertiary/aromatic N) is 4. The molecular weight excluding hydrogens is 524 g/mol. The van der Waals surface area contributed by atoms with E-state index in [1.807, 2.05) is 6.92 Å². The van der Waals surface area contributed by atoms with E-state index in [1.54, 1.807) is 18.2 Å². The highest BCUT2D eigenvalue weighted by Gasteiger charge is 2.85. The second kappa shape index (κ2) is 7.27. The Morgan fingerprint density at radius 1 is 1.38 bits per heavy atom. The van der Waals surface area contributed by atoms with Gasteiger partial charge in [-0.2, -0.15) is 0 Å². The zero-order valence-corrected chi connectivity index (χ0v) is 20.2. The number of halogens is 4. The molecule has 9 nitrogen and oxygen atoms in total. The molecule has 3 aliphatic rings. The van der Waals surface area contributed by atoms with E-state index in [-0.39, 0.29) is 17.8 Å². The number of benzene rings is 1. The number of hydrogen-bond donors (Lipinski definition) is 1. The molecular formula is C18H15Cl4N5O4S. The van der Waals surface area contributed by atoms with Gasteiger partial charge in [0.15, 0.2) is 5.54 Å². The maximum atomic E-state index is 12.9. The van der Waals surface area contributed by atoms with Crippen LogP contribution in [0.3, 0.4) is 0 Å². The highest BCUT2D eigenvalue weighted by molar-refractivity contribution is 8.02. The number of alkyl halides is 3. The van der Waals surface area contributed by atoms with Gasteiger partial charge >= 0.3 is 5.97 Å². The van der Waals surface area contributed by atoms with Crippen molar-refractivity contribution in [3.05, 3.63) is 23.2 Å². The van der Waals surface area contributed by atoms with E-state index in [2.05, 4.69) is 15.6 Å².